The van der Waals surface area contributed by atoms with E-state index in [0.29, 0.717) is 6.07 Å². The van der Waals surface area contributed by atoms with Crippen molar-refractivity contribution in [1.82, 2.24) is 0 Å². The Morgan fingerprint density at radius 3 is 2.20 bits per heavy atom. The first-order chi connectivity index (χ1) is 6.30. The van der Waals surface area contributed by atoms with Gasteiger partial charge >= 0.3 is 64.3 Å². The van der Waals surface area contributed by atoms with E-state index in [4.69, 9.17) is 5.11 Å². The largest absolute Gasteiger partial charge is 1.00 e. The van der Waals surface area contributed by atoms with Crippen LogP contribution in [0.5, 0.6) is 0 Å². The maximum Gasteiger partial charge on any atom is 1.00 e. The van der Waals surface area contributed by atoms with Crippen LogP contribution in [0.2, 0.25) is 0 Å². The van der Waals surface area contributed by atoms with Crippen molar-refractivity contribution in [2.24, 2.45) is 0 Å². The molecule has 8 heteroatoms. The summed E-state index contributed by atoms with van der Waals surface area (Å²) in [6, 6.07) is 2.47. The molecule has 76 valence electrons. The molecule has 0 heterocycles. The fourth-order valence-corrected chi connectivity index (χ4v) is 1.24. The standard InChI is InChI=1S/C7H5BF3O2S.K/c9-8(10,11)5-1-4(7(12)13)2-6(14)3-5;/h1-3,14H,(H,12,13);/q-1;+1. The van der Waals surface area contributed by atoms with Gasteiger partial charge in [0.05, 0.1) is 5.56 Å². The summed E-state index contributed by atoms with van der Waals surface area (Å²) in [6.07, 6.45) is 0. The van der Waals surface area contributed by atoms with E-state index in [0.717, 1.165) is 12.1 Å². The third-order valence-electron chi connectivity index (χ3n) is 1.57. The van der Waals surface area contributed by atoms with Crippen molar-refractivity contribution in [3.8, 4) is 0 Å². The van der Waals surface area contributed by atoms with Gasteiger partial charge in [0, 0.05) is 4.90 Å². The first kappa shape index (κ1) is 15.5. The van der Waals surface area contributed by atoms with E-state index >= 15 is 0 Å². The molecule has 15 heavy (non-hydrogen) atoms. The van der Waals surface area contributed by atoms with Crippen molar-refractivity contribution < 1.29 is 74.2 Å². The van der Waals surface area contributed by atoms with E-state index < -0.39 is 24.0 Å². The van der Waals surface area contributed by atoms with Gasteiger partial charge in [-0.1, -0.05) is 12.1 Å². The van der Waals surface area contributed by atoms with E-state index in [9.17, 15) is 17.7 Å². The number of hydrogen-bond acceptors (Lipinski definition) is 2. The van der Waals surface area contributed by atoms with E-state index in [1.807, 2.05) is 0 Å². The molecule has 1 rings (SSSR count). The summed E-state index contributed by atoms with van der Waals surface area (Å²) in [5.74, 6) is -1.40. The number of carbonyl (C=O) groups is 1. The van der Waals surface area contributed by atoms with Crippen molar-refractivity contribution in [3.05, 3.63) is 23.8 Å². The summed E-state index contributed by atoms with van der Waals surface area (Å²) < 4.78 is 36.7. The molecule has 0 atom stereocenters. The maximum atomic E-state index is 12.2. The van der Waals surface area contributed by atoms with Gasteiger partial charge in [-0.15, -0.1) is 18.1 Å². The molecule has 0 aromatic heterocycles. The molecule has 0 spiro atoms. The van der Waals surface area contributed by atoms with Crippen LogP contribution in [0.3, 0.4) is 0 Å². The summed E-state index contributed by atoms with van der Waals surface area (Å²) in [5, 5.41) is 8.51. The van der Waals surface area contributed by atoms with Crippen LogP contribution in [0.15, 0.2) is 23.1 Å². The summed E-state index contributed by atoms with van der Waals surface area (Å²) in [4.78, 5) is 10.4. The fourth-order valence-electron chi connectivity index (χ4n) is 0.947. The molecule has 1 aromatic carbocycles. The zero-order chi connectivity index (χ0) is 10.9. The van der Waals surface area contributed by atoms with Gasteiger partial charge in [0.1, 0.15) is 0 Å². The molecule has 0 saturated carbocycles. The molecule has 0 fully saturated rings. The second-order valence-electron chi connectivity index (χ2n) is 2.69. The van der Waals surface area contributed by atoms with Crippen LogP contribution in [-0.2, 0) is 0 Å². The Hall–Kier alpha value is 0.531. The van der Waals surface area contributed by atoms with Crippen molar-refractivity contribution in [1.29, 1.82) is 0 Å². The van der Waals surface area contributed by atoms with E-state index in [-0.39, 0.29) is 56.3 Å². The van der Waals surface area contributed by atoms with Gasteiger partial charge in [0.25, 0.3) is 0 Å². The molecule has 1 N–H and O–H groups in total. The predicted molar refractivity (Wildman–Crippen MR) is 49.4 cm³/mol. The quantitative estimate of drug-likeness (QED) is 0.514. The van der Waals surface area contributed by atoms with Crippen LogP contribution in [0.1, 0.15) is 10.4 Å². The average molecular weight is 260 g/mol. The zero-order valence-corrected chi connectivity index (χ0v) is 11.8. The minimum absolute atomic E-state index is 0. The topological polar surface area (TPSA) is 37.3 Å². The second-order valence-corrected chi connectivity index (χ2v) is 3.21. The molecule has 0 aliphatic carbocycles. The SMILES string of the molecule is O=C(O)c1cc(S)cc([B-](F)(F)F)c1.[K+]. The van der Waals surface area contributed by atoms with E-state index in [2.05, 4.69) is 12.6 Å². The van der Waals surface area contributed by atoms with Crippen LogP contribution in [0, 0.1) is 0 Å². The Bertz CT molecular complexity index is 383. The Balaban J connectivity index is 0.00000196. The number of halogens is 3. The number of thiol groups is 1. The van der Waals surface area contributed by atoms with Crippen LogP contribution in [0.4, 0.5) is 12.9 Å². The average Bonchev–Trinajstić information content (AvgIpc) is 2.01. The van der Waals surface area contributed by atoms with Crippen LogP contribution in [0.25, 0.3) is 0 Å². The molecule has 0 aliphatic heterocycles. The van der Waals surface area contributed by atoms with Gasteiger partial charge in [-0.05, 0) is 6.07 Å². The van der Waals surface area contributed by atoms with Gasteiger partial charge in [-0.3, -0.25) is 0 Å². The summed E-state index contributed by atoms with van der Waals surface area (Å²) in [7, 11) is 0. The Kier molecular flexibility index (Phi) is 5.94. The molecular formula is C7H5BF3KO2S. The fraction of sp³-hybridized carbons (Fsp3) is 0. The minimum Gasteiger partial charge on any atom is -0.478 e. The summed E-state index contributed by atoms with van der Waals surface area (Å²) >= 11 is 3.70. The monoisotopic (exact) mass is 260 g/mol. The van der Waals surface area contributed by atoms with Gasteiger partial charge in [-0.25, -0.2) is 4.79 Å². The Labute approximate surface area is 132 Å². The summed E-state index contributed by atoms with van der Waals surface area (Å²) in [5.41, 5.74) is -1.36. The molecule has 0 amide bonds. The molecule has 0 bridgehead atoms. The summed E-state index contributed by atoms with van der Waals surface area (Å²) in [6.45, 7) is -5.18. The third-order valence-corrected chi connectivity index (χ3v) is 1.82. The maximum absolute atomic E-state index is 12.2. The Morgan fingerprint density at radius 1 is 1.27 bits per heavy atom. The molecule has 2 nitrogen and oxygen atoms in total. The second kappa shape index (κ2) is 5.74. The first-order valence-electron chi connectivity index (χ1n) is 3.58. The molecule has 0 saturated heterocycles. The van der Waals surface area contributed by atoms with Crippen LogP contribution < -0.4 is 56.8 Å². The normalized spacial score (nSPS) is 10.7. The predicted octanol–water partition coefficient (Wildman–Crippen LogP) is -1.27. The number of carboxylic acids is 1. The third kappa shape index (κ3) is 4.49. The smallest absolute Gasteiger partial charge is 0.478 e. The molecule has 0 unspecified atom stereocenters. The van der Waals surface area contributed by atoms with Crippen molar-refractivity contribution in [2.45, 2.75) is 4.90 Å². The van der Waals surface area contributed by atoms with Crippen LogP contribution >= 0.6 is 12.6 Å². The number of benzene rings is 1. The number of hydrogen-bond donors (Lipinski definition) is 2. The van der Waals surface area contributed by atoms with Crippen molar-refractivity contribution in [3.63, 3.8) is 0 Å². The molecule has 0 radical (unpaired) electrons. The molecule has 0 aliphatic rings. The van der Waals surface area contributed by atoms with E-state index in [1.54, 1.807) is 0 Å². The zero-order valence-electron chi connectivity index (χ0n) is 7.75. The van der Waals surface area contributed by atoms with E-state index in [1.165, 1.54) is 0 Å². The van der Waals surface area contributed by atoms with Crippen molar-refractivity contribution >= 4 is 31.0 Å². The van der Waals surface area contributed by atoms with Crippen molar-refractivity contribution in [2.75, 3.05) is 0 Å². The number of aromatic carboxylic acids is 1. The number of rotatable bonds is 2. The van der Waals surface area contributed by atoms with Gasteiger partial charge < -0.3 is 18.1 Å². The van der Waals surface area contributed by atoms with Crippen LogP contribution in [-0.4, -0.2) is 18.1 Å². The van der Waals surface area contributed by atoms with Gasteiger partial charge in [0.15, 0.2) is 0 Å². The number of carboxylic acid groups (broad SMARTS) is 1. The van der Waals surface area contributed by atoms with Gasteiger partial charge in [-0.2, -0.15) is 0 Å². The molecular weight excluding hydrogens is 255 g/mol. The molecule has 1 aromatic rings. The van der Waals surface area contributed by atoms with Gasteiger partial charge in [0.2, 0.25) is 0 Å². The Morgan fingerprint density at radius 2 is 1.80 bits per heavy atom. The minimum atomic E-state index is -5.18. The first-order valence-corrected chi connectivity index (χ1v) is 4.02.